The maximum atomic E-state index is 11.3. The Bertz CT molecular complexity index is 540. The zero-order chi connectivity index (χ0) is 15.0. The fraction of sp³-hybridized carbons (Fsp3) is 0.417. The molecular weight excluding hydrogens is 280 g/mol. The average molecular weight is 300 g/mol. The third-order valence-electron chi connectivity index (χ3n) is 2.51. The molecule has 0 aliphatic carbocycles. The Morgan fingerprint density at radius 1 is 1.35 bits per heavy atom. The highest BCUT2D eigenvalue weighted by atomic mass is 32.2. The van der Waals surface area contributed by atoms with Gasteiger partial charge in [0.1, 0.15) is 0 Å². The van der Waals surface area contributed by atoms with E-state index in [0.717, 1.165) is 5.56 Å². The molecule has 0 spiro atoms. The van der Waals surface area contributed by atoms with E-state index >= 15 is 0 Å². The van der Waals surface area contributed by atoms with Crippen LogP contribution < -0.4 is 16.6 Å². The first-order chi connectivity index (χ1) is 9.47. The maximum absolute atomic E-state index is 11.3. The van der Waals surface area contributed by atoms with Crippen LogP contribution in [-0.2, 0) is 21.1 Å². The van der Waals surface area contributed by atoms with E-state index in [0.29, 0.717) is 30.6 Å². The number of nitrogens with one attached hydrogen (secondary N) is 2. The minimum atomic E-state index is -3.16. The van der Waals surface area contributed by atoms with Crippen molar-refractivity contribution in [3.8, 4) is 0 Å². The predicted molar refractivity (Wildman–Crippen MR) is 77.9 cm³/mol. The monoisotopic (exact) mass is 300 g/mol. The summed E-state index contributed by atoms with van der Waals surface area (Å²) in [5, 5.41) is 2.97. The Hall–Kier alpha value is -1.64. The number of benzene rings is 1. The fourth-order valence-electron chi connectivity index (χ4n) is 1.44. The van der Waals surface area contributed by atoms with Crippen LogP contribution in [0.15, 0.2) is 34.2 Å². The third-order valence-corrected chi connectivity index (χ3v) is 3.64. The van der Waals surface area contributed by atoms with Crippen LogP contribution in [0.1, 0.15) is 5.56 Å². The summed E-state index contributed by atoms with van der Waals surface area (Å²) >= 11 is 0. The second-order valence-corrected chi connectivity index (χ2v) is 6.16. The largest absolute Gasteiger partial charge is 0.383 e. The number of nitrogens with two attached hydrogens (primary N) is 1. The Kier molecular flexibility index (Phi) is 6.43. The highest BCUT2D eigenvalue weighted by Gasteiger charge is 2.05. The molecular formula is C12H20N4O3S. The lowest BCUT2D eigenvalue weighted by Crippen LogP contribution is -2.42. The third kappa shape index (κ3) is 5.55. The second-order valence-electron chi connectivity index (χ2n) is 4.14. The van der Waals surface area contributed by atoms with Gasteiger partial charge in [0.2, 0.25) is 5.96 Å². The summed E-state index contributed by atoms with van der Waals surface area (Å²) in [4.78, 5) is 4.53. The lowest BCUT2D eigenvalue weighted by atomic mass is 10.2. The smallest absolute Gasteiger partial charge is 0.206 e. The number of sulfone groups is 1. The summed E-state index contributed by atoms with van der Waals surface area (Å²) in [6.45, 7) is 1.53. The molecule has 0 saturated heterocycles. The number of aliphatic imine (C=N–C) groups is 1. The van der Waals surface area contributed by atoms with Crippen LogP contribution in [0, 0.1) is 0 Å². The molecule has 1 aromatic carbocycles. The molecule has 0 atom stereocenters. The maximum Gasteiger partial charge on any atom is 0.206 e. The molecule has 0 saturated carbocycles. The molecule has 0 unspecified atom stereocenters. The van der Waals surface area contributed by atoms with Gasteiger partial charge in [-0.2, -0.15) is 0 Å². The van der Waals surface area contributed by atoms with Gasteiger partial charge in [-0.1, -0.05) is 12.1 Å². The number of hydrazine groups is 1. The number of ether oxygens (including phenoxy) is 1. The van der Waals surface area contributed by atoms with Gasteiger partial charge in [0.25, 0.3) is 0 Å². The van der Waals surface area contributed by atoms with Crippen LogP contribution in [0.3, 0.4) is 0 Å². The summed E-state index contributed by atoms with van der Waals surface area (Å²) in [6.07, 6.45) is 1.18. The molecule has 0 aliphatic heterocycles. The lowest BCUT2D eigenvalue weighted by Gasteiger charge is -2.08. The SMILES string of the molecule is COCCNC(=NCc1ccc(S(C)(=O)=O)cc1)NN. The highest BCUT2D eigenvalue weighted by Crippen LogP contribution is 2.10. The zero-order valence-corrected chi connectivity index (χ0v) is 12.4. The van der Waals surface area contributed by atoms with Gasteiger partial charge in [0.05, 0.1) is 18.0 Å². The van der Waals surface area contributed by atoms with Gasteiger partial charge in [-0.15, -0.1) is 0 Å². The normalized spacial score (nSPS) is 12.2. The van der Waals surface area contributed by atoms with Gasteiger partial charge in [-0.3, -0.25) is 5.43 Å². The van der Waals surface area contributed by atoms with Gasteiger partial charge in [-0.25, -0.2) is 19.3 Å². The summed E-state index contributed by atoms with van der Waals surface area (Å²) in [7, 11) is -1.56. The molecule has 0 heterocycles. The number of nitrogens with zero attached hydrogens (tertiary/aromatic N) is 1. The zero-order valence-electron chi connectivity index (χ0n) is 11.6. The Labute approximate surface area is 119 Å². The van der Waals surface area contributed by atoms with Crippen molar-refractivity contribution in [3.05, 3.63) is 29.8 Å². The van der Waals surface area contributed by atoms with Crippen LogP contribution in [0.4, 0.5) is 0 Å². The predicted octanol–water partition coefficient (Wildman–Crippen LogP) is -0.355. The van der Waals surface area contributed by atoms with Gasteiger partial charge >= 0.3 is 0 Å². The second kappa shape index (κ2) is 7.83. The van der Waals surface area contributed by atoms with Crippen LogP contribution in [-0.4, -0.2) is 40.9 Å². The number of hydrogen-bond acceptors (Lipinski definition) is 5. The summed E-state index contributed by atoms with van der Waals surface area (Å²) < 4.78 is 27.6. The number of methoxy groups -OCH3 is 1. The molecule has 112 valence electrons. The quantitative estimate of drug-likeness (QED) is 0.218. The molecule has 7 nitrogen and oxygen atoms in total. The van der Waals surface area contributed by atoms with Crippen molar-refractivity contribution >= 4 is 15.8 Å². The van der Waals surface area contributed by atoms with Gasteiger partial charge in [0.15, 0.2) is 9.84 Å². The summed E-state index contributed by atoms with van der Waals surface area (Å²) in [5.74, 6) is 5.79. The van der Waals surface area contributed by atoms with E-state index in [1.165, 1.54) is 6.26 Å². The molecule has 8 heteroatoms. The molecule has 0 amide bonds. The minimum Gasteiger partial charge on any atom is -0.383 e. The van der Waals surface area contributed by atoms with Crippen LogP contribution in [0.2, 0.25) is 0 Å². The van der Waals surface area contributed by atoms with E-state index in [-0.39, 0.29) is 0 Å². The van der Waals surface area contributed by atoms with Crippen molar-refractivity contribution in [1.82, 2.24) is 10.7 Å². The molecule has 0 fully saturated rings. The molecule has 4 N–H and O–H groups in total. The van der Waals surface area contributed by atoms with E-state index in [4.69, 9.17) is 10.6 Å². The summed E-state index contributed by atoms with van der Waals surface area (Å²) in [6, 6.07) is 6.58. The Morgan fingerprint density at radius 3 is 2.50 bits per heavy atom. The minimum absolute atomic E-state index is 0.292. The van der Waals surface area contributed by atoms with Gasteiger partial charge in [0, 0.05) is 19.9 Å². The molecule has 0 bridgehead atoms. The molecule has 0 radical (unpaired) electrons. The van der Waals surface area contributed by atoms with Crippen molar-refractivity contribution in [2.45, 2.75) is 11.4 Å². The summed E-state index contributed by atoms with van der Waals surface area (Å²) in [5.41, 5.74) is 3.34. The van der Waals surface area contributed by atoms with Crippen LogP contribution in [0.5, 0.6) is 0 Å². The van der Waals surface area contributed by atoms with E-state index < -0.39 is 9.84 Å². The highest BCUT2D eigenvalue weighted by molar-refractivity contribution is 7.90. The van der Waals surface area contributed by atoms with E-state index in [1.807, 2.05) is 0 Å². The van der Waals surface area contributed by atoms with Gasteiger partial charge in [-0.05, 0) is 17.7 Å². The molecule has 0 aliphatic rings. The Morgan fingerprint density at radius 2 is 2.00 bits per heavy atom. The van der Waals surface area contributed by atoms with E-state index in [9.17, 15) is 8.42 Å². The van der Waals surface area contributed by atoms with Crippen molar-refractivity contribution < 1.29 is 13.2 Å². The molecule has 1 rings (SSSR count). The van der Waals surface area contributed by atoms with Crippen molar-refractivity contribution in [2.75, 3.05) is 26.5 Å². The molecule has 0 aromatic heterocycles. The molecule has 1 aromatic rings. The average Bonchev–Trinajstić information content (AvgIpc) is 2.42. The van der Waals surface area contributed by atoms with Crippen molar-refractivity contribution in [2.24, 2.45) is 10.8 Å². The van der Waals surface area contributed by atoms with Crippen molar-refractivity contribution in [3.63, 3.8) is 0 Å². The van der Waals surface area contributed by atoms with E-state index in [1.54, 1.807) is 31.4 Å². The van der Waals surface area contributed by atoms with E-state index in [2.05, 4.69) is 15.7 Å². The van der Waals surface area contributed by atoms with Crippen molar-refractivity contribution in [1.29, 1.82) is 0 Å². The first-order valence-electron chi connectivity index (χ1n) is 6.00. The number of hydrogen-bond donors (Lipinski definition) is 3. The lowest BCUT2D eigenvalue weighted by molar-refractivity contribution is 0.203. The van der Waals surface area contributed by atoms with Gasteiger partial charge < -0.3 is 10.1 Å². The first kappa shape index (κ1) is 16.4. The topological polar surface area (TPSA) is 106 Å². The van der Waals surface area contributed by atoms with Crippen LogP contribution >= 0.6 is 0 Å². The number of rotatable bonds is 6. The fourth-order valence-corrected chi connectivity index (χ4v) is 2.07. The Balaban J connectivity index is 2.63. The standard InChI is InChI=1S/C12H20N4O3S/c1-19-8-7-14-12(16-13)15-9-10-3-5-11(6-4-10)20(2,17)18/h3-6H,7-9,13H2,1-2H3,(H2,14,15,16). The first-order valence-corrected chi connectivity index (χ1v) is 7.89. The van der Waals surface area contributed by atoms with Crippen LogP contribution in [0.25, 0.3) is 0 Å². The number of guanidine groups is 1. The molecule has 20 heavy (non-hydrogen) atoms.